The van der Waals surface area contributed by atoms with Gasteiger partial charge in [-0.1, -0.05) is 43.3 Å². The van der Waals surface area contributed by atoms with Gasteiger partial charge >= 0.3 is 0 Å². The lowest BCUT2D eigenvalue weighted by Crippen LogP contribution is -2.51. The molecule has 32 heavy (non-hydrogen) atoms. The monoisotopic (exact) mass is 440 g/mol. The number of carbonyl (C=O) groups excluding carboxylic acids is 2. The predicted octanol–water partition coefficient (Wildman–Crippen LogP) is 4.01. The normalized spacial score (nSPS) is 11.7. The minimum absolute atomic E-state index is 0.0226. The molecule has 2 amide bonds. The van der Waals surface area contributed by atoms with Crippen molar-refractivity contribution < 1.29 is 19.1 Å². The summed E-state index contributed by atoms with van der Waals surface area (Å²) < 4.78 is 10.7. The van der Waals surface area contributed by atoms with Gasteiger partial charge in [-0.25, -0.2) is 0 Å². The van der Waals surface area contributed by atoms with Crippen LogP contribution in [0, 0.1) is 0 Å². The van der Waals surface area contributed by atoms with E-state index >= 15 is 0 Å². The molecule has 0 saturated carbocycles. The van der Waals surface area contributed by atoms with Crippen molar-refractivity contribution in [3.63, 3.8) is 0 Å². The molecule has 0 spiro atoms. The molecule has 0 bridgehead atoms. The zero-order chi connectivity index (χ0) is 23.5. The van der Waals surface area contributed by atoms with Crippen LogP contribution in [0.1, 0.15) is 44.7 Å². The highest BCUT2D eigenvalue weighted by molar-refractivity contribution is 5.87. The Balaban J connectivity index is 2.15. The van der Waals surface area contributed by atoms with Crippen molar-refractivity contribution in [3.05, 3.63) is 59.7 Å². The SMILES string of the molecule is CC[C@H](C(=O)NC(C)C)N(CCc1ccccc1)C(=O)CCc1ccc(OC)c(OC)c1. The lowest BCUT2D eigenvalue weighted by atomic mass is 10.1. The van der Waals surface area contributed by atoms with Gasteiger partial charge in [0.15, 0.2) is 11.5 Å². The van der Waals surface area contributed by atoms with Gasteiger partial charge in [0, 0.05) is 19.0 Å². The van der Waals surface area contributed by atoms with E-state index in [1.165, 1.54) is 0 Å². The summed E-state index contributed by atoms with van der Waals surface area (Å²) in [6.07, 6.45) is 2.14. The maximum Gasteiger partial charge on any atom is 0.242 e. The fourth-order valence-electron chi connectivity index (χ4n) is 3.71. The Labute approximate surface area is 191 Å². The summed E-state index contributed by atoms with van der Waals surface area (Å²) in [5.41, 5.74) is 2.13. The van der Waals surface area contributed by atoms with Crippen molar-refractivity contribution in [3.8, 4) is 11.5 Å². The Morgan fingerprint density at radius 2 is 1.62 bits per heavy atom. The van der Waals surface area contributed by atoms with Crippen LogP contribution in [0.3, 0.4) is 0 Å². The Hall–Kier alpha value is -3.02. The number of nitrogens with one attached hydrogen (secondary N) is 1. The van der Waals surface area contributed by atoms with Crippen LogP contribution in [0.25, 0.3) is 0 Å². The van der Waals surface area contributed by atoms with Crippen molar-refractivity contribution in [1.82, 2.24) is 10.2 Å². The third-order valence-corrected chi connectivity index (χ3v) is 5.38. The van der Waals surface area contributed by atoms with Crippen LogP contribution in [0.4, 0.5) is 0 Å². The van der Waals surface area contributed by atoms with Crippen molar-refractivity contribution in [2.24, 2.45) is 0 Å². The van der Waals surface area contributed by atoms with Gasteiger partial charge in [0.05, 0.1) is 14.2 Å². The summed E-state index contributed by atoms with van der Waals surface area (Å²) in [5, 5.41) is 2.97. The largest absolute Gasteiger partial charge is 0.493 e. The van der Waals surface area contributed by atoms with Crippen LogP contribution in [-0.4, -0.2) is 49.6 Å². The fourth-order valence-corrected chi connectivity index (χ4v) is 3.71. The summed E-state index contributed by atoms with van der Waals surface area (Å²) in [4.78, 5) is 27.9. The number of carbonyl (C=O) groups is 2. The molecule has 6 nitrogen and oxygen atoms in total. The van der Waals surface area contributed by atoms with Gasteiger partial charge in [-0.05, 0) is 56.4 Å². The smallest absolute Gasteiger partial charge is 0.242 e. The van der Waals surface area contributed by atoms with Crippen molar-refractivity contribution >= 4 is 11.8 Å². The molecule has 1 atom stereocenters. The van der Waals surface area contributed by atoms with Gasteiger partial charge in [0.25, 0.3) is 0 Å². The van der Waals surface area contributed by atoms with Crippen LogP contribution in [-0.2, 0) is 22.4 Å². The van der Waals surface area contributed by atoms with Gasteiger partial charge < -0.3 is 19.7 Å². The Morgan fingerprint density at radius 3 is 2.22 bits per heavy atom. The van der Waals surface area contributed by atoms with Crippen LogP contribution in [0.15, 0.2) is 48.5 Å². The second-order valence-corrected chi connectivity index (χ2v) is 8.10. The predicted molar refractivity (Wildman–Crippen MR) is 127 cm³/mol. The number of methoxy groups -OCH3 is 2. The fraction of sp³-hybridized carbons (Fsp3) is 0.462. The van der Waals surface area contributed by atoms with Crippen LogP contribution < -0.4 is 14.8 Å². The molecular weight excluding hydrogens is 404 g/mol. The number of amides is 2. The Morgan fingerprint density at radius 1 is 0.938 bits per heavy atom. The molecule has 0 aliphatic rings. The van der Waals surface area contributed by atoms with E-state index < -0.39 is 6.04 Å². The molecule has 2 aromatic rings. The molecule has 0 unspecified atom stereocenters. The lowest BCUT2D eigenvalue weighted by molar-refractivity contribution is -0.140. The average Bonchev–Trinajstić information content (AvgIpc) is 2.79. The lowest BCUT2D eigenvalue weighted by Gasteiger charge is -2.31. The molecule has 0 heterocycles. The molecule has 0 aliphatic heterocycles. The molecule has 2 aromatic carbocycles. The van der Waals surface area contributed by atoms with Crippen molar-refractivity contribution in [2.75, 3.05) is 20.8 Å². The quantitative estimate of drug-likeness (QED) is 0.542. The molecule has 1 N–H and O–H groups in total. The van der Waals surface area contributed by atoms with Crippen LogP contribution in [0.2, 0.25) is 0 Å². The summed E-state index contributed by atoms with van der Waals surface area (Å²) >= 11 is 0. The number of nitrogens with zero attached hydrogens (tertiary/aromatic N) is 1. The van der Waals surface area contributed by atoms with E-state index in [-0.39, 0.29) is 17.9 Å². The van der Waals surface area contributed by atoms with Gasteiger partial charge in [-0.15, -0.1) is 0 Å². The Bertz CT molecular complexity index is 867. The number of benzene rings is 2. The maximum absolute atomic E-state index is 13.3. The molecule has 2 rings (SSSR count). The van der Waals surface area contributed by atoms with E-state index in [2.05, 4.69) is 5.32 Å². The van der Waals surface area contributed by atoms with E-state index in [0.717, 1.165) is 11.1 Å². The molecule has 174 valence electrons. The first kappa shape index (κ1) is 25.2. The van der Waals surface area contributed by atoms with E-state index in [9.17, 15) is 9.59 Å². The van der Waals surface area contributed by atoms with Crippen molar-refractivity contribution in [2.45, 2.75) is 58.5 Å². The minimum Gasteiger partial charge on any atom is -0.493 e. The van der Waals surface area contributed by atoms with Gasteiger partial charge in [-0.3, -0.25) is 9.59 Å². The number of hydrogen-bond donors (Lipinski definition) is 1. The molecule has 0 fully saturated rings. The molecule has 0 radical (unpaired) electrons. The molecular formula is C26H36N2O4. The first-order valence-electron chi connectivity index (χ1n) is 11.2. The zero-order valence-corrected chi connectivity index (χ0v) is 19.9. The van der Waals surface area contributed by atoms with E-state index in [4.69, 9.17) is 9.47 Å². The van der Waals surface area contributed by atoms with E-state index in [1.807, 2.05) is 69.3 Å². The summed E-state index contributed by atoms with van der Waals surface area (Å²) in [7, 11) is 3.19. The van der Waals surface area contributed by atoms with Gasteiger partial charge in [-0.2, -0.15) is 0 Å². The topological polar surface area (TPSA) is 67.9 Å². The van der Waals surface area contributed by atoms with E-state index in [1.54, 1.807) is 19.1 Å². The third-order valence-electron chi connectivity index (χ3n) is 5.38. The Kier molecular flexibility index (Phi) is 10.1. The summed E-state index contributed by atoms with van der Waals surface area (Å²) in [5.74, 6) is 1.17. The summed E-state index contributed by atoms with van der Waals surface area (Å²) in [6.45, 7) is 6.30. The minimum atomic E-state index is -0.487. The molecule has 6 heteroatoms. The van der Waals surface area contributed by atoms with Crippen molar-refractivity contribution in [1.29, 1.82) is 0 Å². The first-order valence-corrected chi connectivity index (χ1v) is 11.2. The molecule has 0 saturated heterocycles. The second kappa shape index (κ2) is 12.7. The van der Waals surface area contributed by atoms with E-state index in [0.29, 0.717) is 43.7 Å². The average molecular weight is 441 g/mol. The maximum atomic E-state index is 13.3. The number of ether oxygens (including phenoxy) is 2. The number of aryl methyl sites for hydroxylation is 1. The molecule has 0 aromatic heterocycles. The van der Waals surface area contributed by atoms with Crippen LogP contribution in [0.5, 0.6) is 11.5 Å². The third kappa shape index (κ3) is 7.29. The highest BCUT2D eigenvalue weighted by Crippen LogP contribution is 2.28. The summed E-state index contributed by atoms with van der Waals surface area (Å²) in [6, 6.07) is 15.2. The molecule has 0 aliphatic carbocycles. The number of hydrogen-bond acceptors (Lipinski definition) is 4. The zero-order valence-electron chi connectivity index (χ0n) is 19.9. The highest BCUT2D eigenvalue weighted by Gasteiger charge is 2.28. The highest BCUT2D eigenvalue weighted by atomic mass is 16.5. The standard InChI is InChI=1S/C26H36N2O4/c1-6-22(26(30)27-19(2)3)28(17-16-20-10-8-7-9-11-20)25(29)15-13-21-12-14-23(31-4)24(18-21)32-5/h7-12,14,18-19,22H,6,13,15-17H2,1-5H3,(H,27,30)/t22-/m1/s1. The first-order chi connectivity index (χ1) is 15.4. The number of rotatable bonds is 12. The van der Waals surface area contributed by atoms with Crippen LogP contribution >= 0.6 is 0 Å². The van der Waals surface area contributed by atoms with Gasteiger partial charge in [0.2, 0.25) is 11.8 Å². The van der Waals surface area contributed by atoms with Gasteiger partial charge in [0.1, 0.15) is 6.04 Å². The second-order valence-electron chi connectivity index (χ2n) is 8.10.